The lowest BCUT2D eigenvalue weighted by Crippen LogP contribution is -2.01. The summed E-state index contributed by atoms with van der Waals surface area (Å²) in [6, 6.07) is 14.7. The van der Waals surface area contributed by atoms with E-state index < -0.39 is 0 Å². The lowest BCUT2D eigenvalue weighted by atomic mass is 10.2. The number of carbonyl (C=O) groups excluding carboxylic acids is 1. The molecule has 0 aromatic heterocycles. The summed E-state index contributed by atoms with van der Waals surface area (Å²) in [5, 5.41) is 0.673. The normalized spacial score (nSPS) is 9.95. The van der Waals surface area contributed by atoms with Crippen LogP contribution in [0, 0.1) is 0 Å². The van der Waals surface area contributed by atoms with Crippen molar-refractivity contribution in [3.63, 3.8) is 0 Å². The molecular weight excluding hydrogens is 264 g/mol. The molecule has 0 atom stereocenters. The Balaban J connectivity index is 2.04. The number of halogens is 1. The summed E-state index contributed by atoms with van der Waals surface area (Å²) >= 11 is 5.91. The van der Waals surface area contributed by atoms with E-state index in [1.54, 1.807) is 12.1 Å². The average Bonchev–Trinajstić information content (AvgIpc) is 2.44. The van der Waals surface area contributed by atoms with Gasteiger partial charge in [-0.25, -0.2) is 0 Å². The molecule has 0 saturated heterocycles. The van der Waals surface area contributed by atoms with Crippen molar-refractivity contribution in [1.82, 2.24) is 0 Å². The second-order valence-electron chi connectivity index (χ2n) is 3.84. The molecule has 19 heavy (non-hydrogen) atoms. The van der Waals surface area contributed by atoms with Crippen LogP contribution in [0.15, 0.2) is 48.5 Å². The summed E-state index contributed by atoms with van der Waals surface area (Å²) in [4.78, 5) is 10.3. The molecule has 2 aromatic rings. The highest BCUT2D eigenvalue weighted by Crippen LogP contribution is 2.27. The smallest absolute Gasteiger partial charge is 0.161 e. The highest BCUT2D eigenvalue weighted by atomic mass is 35.5. The van der Waals surface area contributed by atoms with Crippen LogP contribution >= 0.6 is 11.6 Å². The van der Waals surface area contributed by atoms with E-state index in [0.717, 1.165) is 5.56 Å². The van der Waals surface area contributed by atoms with Crippen LogP contribution in [-0.2, 0) is 11.4 Å². The second kappa shape index (κ2) is 6.81. The first-order valence-corrected chi connectivity index (χ1v) is 6.20. The van der Waals surface area contributed by atoms with Gasteiger partial charge in [-0.15, -0.1) is 0 Å². The average molecular weight is 277 g/mol. The van der Waals surface area contributed by atoms with Gasteiger partial charge >= 0.3 is 0 Å². The molecule has 0 unspecified atom stereocenters. The minimum absolute atomic E-state index is 0.0114. The van der Waals surface area contributed by atoms with Crippen molar-refractivity contribution in [3.8, 4) is 11.5 Å². The quantitative estimate of drug-likeness (QED) is 0.758. The van der Waals surface area contributed by atoms with Gasteiger partial charge in [0.2, 0.25) is 0 Å². The highest BCUT2D eigenvalue weighted by Gasteiger charge is 2.04. The molecule has 2 rings (SSSR count). The SMILES string of the molecule is O=CCOc1ccccc1OCc1cccc(Cl)c1. The minimum atomic E-state index is 0.0114. The number of aldehydes is 1. The first-order valence-electron chi connectivity index (χ1n) is 5.82. The van der Waals surface area contributed by atoms with Crippen molar-refractivity contribution in [3.05, 3.63) is 59.1 Å². The van der Waals surface area contributed by atoms with E-state index >= 15 is 0 Å². The monoisotopic (exact) mass is 276 g/mol. The van der Waals surface area contributed by atoms with Crippen LogP contribution in [0.5, 0.6) is 11.5 Å². The molecule has 0 amide bonds. The number of rotatable bonds is 6. The maximum Gasteiger partial charge on any atom is 0.161 e. The number of para-hydroxylation sites is 2. The van der Waals surface area contributed by atoms with Gasteiger partial charge in [0.1, 0.15) is 13.2 Å². The van der Waals surface area contributed by atoms with E-state index in [9.17, 15) is 4.79 Å². The van der Waals surface area contributed by atoms with E-state index in [1.807, 2.05) is 36.4 Å². The summed E-state index contributed by atoms with van der Waals surface area (Å²) in [5.41, 5.74) is 0.970. The van der Waals surface area contributed by atoms with Crippen molar-refractivity contribution < 1.29 is 14.3 Å². The van der Waals surface area contributed by atoms with E-state index in [1.165, 1.54) is 0 Å². The first kappa shape index (κ1) is 13.4. The Morgan fingerprint density at radius 3 is 2.42 bits per heavy atom. The largest absolute Gasteiger partial charge is 0.485 e. The van der Waals surface area contributed by atoms with E-state index in [-0.39, 0.29) is 6.61 Å². The fourth-order valence-electron chi connectivity index (χ4n) is 1.60. The van der Waals surface area contributed by atoms with Crippen LogP contribution in [0.2, 0.25) is 5.02 Å². The molecule has 0 radical (unpaired) electrons. The first-order chi connectivity index (χ1) is 9.29. The Labute approximate surface area is 116 Å². The summed E-state index contributed by atoms with van der Waals surface area (Å²) in [7, 11) is 0. The summed E-state index contributed by atoms with van der Waals surface area (Å²) < 4.78 is 11.0. The standard InChI is InChI=1S/C15H13ClO3/c16-13-5-3-4-12(10-13)11-19-15-7-2-1-6-14(15)18-9-8-17/h1-8,10H,9,11H2. The minimum Gasteiger partial charge on any atom is -0.485 e. The summed E-state index contributed by atoms with van der Waals surface area (Å²) in [6.45, 7) is 0.402. The summed E-state index contributed by atoms with van der Waals surface area (Å²) in [5.74, 6) is 1.15. The fourth-order valence-corrected chi connectivity index (χ4v) is 1.81. The summed E-state index contributed by atoms with van der Waals surface area (Å²) in [6.07, 6.45) is 0.702. The van der Waals surface area contributed by atoms with Crippen molar-refractivity contribution in [2.75, 3.05) is 6.61 Å². The van der Waals surface area contributed by atoms with Gasteiger partial charge in [0.15, 0.2) is 17.8 Å². The predicted molar refractivity (Wildman–Crippen MR) is 73.8 cm³/mol. The van der Waals surface area contributed by atoms with Gasteiger partial charge < -0.3 is 9.47 Å². The molecule has 98 valence electrons. The lowest BCUT2D eigenvalue weighted by Gasteiger charge is -2.11. The van der Waals surface area contributed by atoms with Crippen LogP contribution in [0.25, 0.3) is 0 Å². The highest BCUT2D eigenvalue weighted by molar-refractivity contribution is 6.30. The van der Waals surface area contributed by atoms with Gasteiger partial charge in [-0.2, -0.15) is 0 Å². The Kier molecular flexibility index (Phi) is 4.81. The molecule has 0 bridgehead atoms. The van der Waals surface area contributed by atoms with Gasteiger partial charge in [0, 0.05) is 5.02 Å². The second-order valence-corrected chi connectivity index (χ2v) is 4.28. The third-order valence-corrected chi connectivity index (χ3v) is 2.67. The zero-order valence-corrected chi connectivity index (χ0v) is 11.0. The number of hydrogen-bond acceptors (Lipinski definition) is 3. The topological polar surface area (TPSA) is 35.5 Å². The molecule has 3 nitrogen and oxygen atoms in total. The van der Waals surface area contributed by atoms with Crippen molar-refractivity contribution in [1.29, 1.82) is 0 Å². The molecule has 0 aliphatic heterocycles. The molecule has 0 spiro atoms. The van der Waals surface area contributed by atoms with Crippen LogP contribution in [0.4, 0.5) is 0 Å². The molecule has 2 aromatic carbocycles. The van der Waals surface area contributed by atoms with Crippen molar-refractivity contribution in [2.45, 2.75) is 6.61 Å². The third-order valence-electron chi connectivity index (χ3n) is 2.44. The van der Waals surface area contributed by atoms with Crippen LogP contribution < -0.4 is 9.47 Å². The van der Waals surface area contributed by atoms with Gasteiger partial charge in [-0.1, -0.05) is 35.9 Å². The van der Waals surface area contributed by atoms with Crippen LogP contribution in [-0.4, -0.2) is 12.9 Å². The van der Waals surface area contributed by atoms with Gasteiger partial charge in [-0.3, -0.25) is 4.79 Å². The maximum atomic E-state index is 10.3. The zero-order valence-electron chi connectivity index (χ0n) is 10.2. The van der Waals surface area contributed by atoms with Crippen LogP contribution in [0.3, 0.4) is 0 Å². The maximum absolute atomic E-state index is 10.3. The third kappa shape index (κ3) is 4.00. The zero-order chi connectivity index (χ0) is 13.5. The lowest BCUT2D eigenvalue weighted by molar-refractivity contribution is -0.109. The predicted octanol–water partition coefficient (Wildman–Crippen LogP) is 3.50. The molecule has 4 heteroatoms. The number of benzene rings is 2. The van der Waals surface area contributed by atoms with Crippen molar-refractivity contribution >= 4 is 17.9 Å². The molecule has 0 aliphatic rings. The van der Waals surface area contributed by atoms with E-state index in [2.05, 4.69) is 0 Å². The molecule has 0 aliphatic carbocycles. The number of carbonyl (C=O) groups is 1. The molecule has 0 fully saturated rings. The van der Waals surface area contributed by atoms with Crippen LogP contribution in [0.1, 0.15) is 5.56 Å². The number of ether oxygens (including phenoxy) is 2. The van der Waals surface area contributed by atoms with Gasteiger partial charge in [0.25, 0.3) is 0 Å². The molecule has 0 saturated carbocycles. The van der Waals surface area contributed by atoms with Gasteiger partial charge in [-0.05, 0) is 29.8 Å². The Hall–Kier alpha value is -2.00. The molecule has 0 N–H and O–H groups in total. The molecule has 0 heterocycles. The van der Waals surface area contributed by atoms with Gasteiger partial charge in [0.05, 0.1) is 0 Å². The number of hydrogen-bond donors (Lipinski definition) is 0. The Morgan fingerprint density at radius 2 is 1.74 bits per heavy atom. The fraction of sp³-hybridized carbons (Fsp3) is 0.133. The van der Waals surface area contributed by atoms with E-state index in [0.29, 0.717) is 29.4 Å². The van der Waals surface area contributed by atoms with Crippen molar-refractivity contribution in [2.24, 2.45) is 0 Å². The Morgan fingerprint density at radius 1 is 1.00 bits per heavy atom. The van der Waals surface area contributed by atoms with E-state index in [4.69, 9.17) is 21.1 Å². The Bertz CT molecular complexity index is 555. The molecular formula is C15H13ClO3.